The van der Waals surface area contributed by atoms with E-state index in [0.29, 0.717) is 16.9 Å². The highest BCUT2D eigenvalue weighted by molar-refractivity contribution is 5.78. The molecule has 0 fully saturated rings. The van der Waals surface area contributed by atoms with Gasteiger partial charge in [0.15, 0.2) is 11.4 Å². The molecule has 2 aromatic rings. The second kappa shape index (κ2) is 5.13. The molecule has 1 heterocycles. The first-order valence-corrected chi connectivity index (χ1v) is 6.04. The fraction of sp³-hybridized carbons (Fsp3) is 0.286. The minimum atomic E-state index is -4.48. The molecule has 0 bridgehead atoms. The van der Waals surface area contributed by atoms with E-state index in [-0.39, 0.29) is 5.82 Å². The number of hydrogen-bond donors (Lipinski definition) is 0. The van der Waals surface area contributed by atoms with E-state index >= 15 is 0 Å². The summed E-state index contributed by atoms with van der Waals surface area (Å²) in [6.07, 6.45) is -3.53. The standard InChI is InChI=1S/C14H13F3N4/c1-18-9-5-6-10(11(7-9)20(2)3)13-19-12(8-21(13)4)14(15,16)17/h5-8H,2-4H3. The van der Waals surface area contributed by atoms with Crippen LogP contribution in [0.5, 0.6) is 0 Å². The fourth-order valence-electron chi connectivity index (χ4n) is 2.00. The van der Waals surface area contributed by atoms with Gasteiger partial charge in [-0.3, -0.25) is 0 Å². The summed E-state index contributed by atoms with van der Waals surface area (Å²) in [6, 6.07) is 4.81. The maximum atomic E-state index is 12.7. The number of benzene rings is 1. The largest absolute Gasteiger partial charge is 0.434 e. The molecule has 0 saturated carbocycles. The number of nitrogens with zero attached hydrogens (tertiary/aromatic N) is 4. The van der Waals surface area contributed by atoms with Gasteiger partial charge >= 0.3 is 6.18 Å². The quantitative estimate of drug-likeness (QED) is 0.789. The Morgan fingerprint density at radius 1 is 1.29 bits per heavy atom. The van der Waals surface area contributed by atoms with Crippen molar-refractivity contribution in [2.45, 2.75) is 6.18 Å². The second-order valence-corrected chi connectivity index (χ2v) is 4.77. The minimum Gasteiger partial charge on any atom is -0.378 e. The molecular weight excluding hydrogens is 281 g/mol. The van der Waals surface area contributed by atoms with Crippen molar-refractivity contribution in [1.82, 2.24) is 9.55 Å². The molecule has 21 heavy (non-hydrogen) atoms. The maximum absolute atomic E-state index is 12.7. The first kappa shape index (κ1) is 14.9. The predicted octanol–water partition coefficient (Wildman–Crippen LogP) is 3.72. The zero-order valence-corrected chi connectivity index (χ0v) is 11.7. The number of alkyl halides is 3. The zero-order chi connectivity index (χ0) is 15.8. The van der Waals surface area contributed by atoms with Gasteiger partial charge in [0.25, 0.3) is 0 Å². The summed E-state index contributed by atoms with van der Waals surface area (Å²) in [6.45, 7) is 7.02. The Morgan fingerprint density at radius 3 is 2.43 bits per heavy atom. The molecule has 2 rings (SSSR count). The van der Waals surface area contributed by atoms with Crippen LogP contribution in [0, 0.1) is 6.57 Å². The molecule has 0 amide bonds. The van der Waals surface area contributed by atoms with Gasteiger partial charge in [-0.15, -0.1) is 0 Å². The van der Waals surface area contributed by atoms with Crippen molar-refractivity contribution >= 4 is 11.4 Å². The number of hydrogen-bond acceptors (Lipinski definition) is 2. The van der Waals surface area contributed by atoms with E-state index in [1.807, 2.05) is 0 Å². The lowest BCUT2D eigenvalue weighted by atomic mass is 10.1. The van der Waals surface area contributed by atoms with Crippen molar-refractivity contribution in [2.75, 3.05) is 19.0 Å². The summed E-state index contributed by atoms with van der Waals surface area (Å²) in [5.74, 6) is 0.211. The Morgan fingerprint density at radius 2 is 1.95 bits per heavy atom. The molecule has 0 aliphatic rings. The highest BCUT2D eigenvalue weighted by Gasteiger charge is 2.34. The van der Waals surface area contributed by atoms with Gasteiger partial charge in [0, 0.05) is 38.6 Å². The Labute approximate surface area is 120 Å². The van der Waals surface area contributed by atoms with Crippen molar-refractivity contribution in [1.29, 1.82) is 0 Å². The molecule has 1 aromatic heterocycles. The molecule has 0 aliphatic carbocycles. The third-order valence-electron chi connectivity index (χ3n) is 3.00. The third-order valence-corrected chi connectivity index (χ3v) is 3.00. The number of anilines is 1. The highest BCUT2D eigenvalue weighted by Crippen LogP contribution is 2.35. The summed E-state index contributed by atoms with van der Waals surface area (Å²) in [7, 11) is 5.04. The highest BCUT2D eigenvalue weighted by atomic mass is 19.4. The van der Waals surface area contributed by atoms with E-state index in [4.69, 9.17) is 6.57 Å². The second-order valence-electron chi connectivity index (χ2n) is 4.77. The van der Waals surface area contributed by atoms with Gasteiger partial charge in [-0.25, -0.2) is 9.83 Å². The summed E-state index contributed by atoms with van der Waals surface area (Å²) >= 11 is 0. The van der Waals surface area contributed by atoms with Crippen LogP contribution in [0.4, 0.5) is 24.5 Å². The van der Waals surface area contributed by atoms with Gasteiger partial charge in [0.1, 0.15) is 5.82 Å². The summed E-state index contributed by atoms with van der Waals surface area (Å²) in [5, 5.41) is 0. The smallest absolute Gasteiger partial charge is 0.378 e. The van der Waals surface area contributed by atoms with Crippen LogP contribution in [0.2, 0.25) is 0 Å². The first-order valence-electron chi connectivity index (χ1n) is 6.04. The lowest BCUT2D eigenvalue weighted by Gasteiger charge is -2.17. The molecule has 0 atom stereocenters. The monoisotopic (exact) mass is 294 g/mol. The Balaban J connectivity index is 2.62. The average Bonchev–Trinajstić information content (AvgIpc) is 2.80. The van der Waals surface area contributed by atoms with Crippen LogP contribution in [0.15, 0.2) is 24.4 Å². The molecule has 7 heteroatoms. The third kappa shape index (κ3) is 2.84. The maximum Gasteiger partial charge on any atom is 0.434 e. The minimum absolute atomic E-state index is 0.211. The van der Waals surface area contributed by atoms with Crippen LogP contribution < -0.4 is 4.90 Å². The first-order chi connectivity index (χ1) is 9.74. The van der Waals surface area contributed by atoms with Gasteiger partial charge < -0.3 is 9.47 Å². The van der Waals surface area contributed by atoms with Crippen molar-refractivity contribution in [3.05, 3.63) is 41.5 Å². The topological polar surface area (TPSA) is 25.4 Å². The van der Waals surface area contributed by atoms with Gasteiger partial charge in [-0.1, -0.05) is 12.1 Å². The molecule has 0 saturated heterocycles. The molecule has 4 nitrogen and oxygen atoms in total. The molecule has 0 spiro atoms. The number of halogens is 3. The lowest BCUT2D eigenvalue weighted by molar-refractivity contribution is -0.140. The SMILES string of the molecule is [C-]#[N+]c1ccc(-c2nc(C(F)(F)F)cn2C)c(N(C)C)c1. The van der Waals surface area contributed by atoms with Crippen LogP contribution in [-0.2, 0) is 13.2 Å². The van der Waals surface area contributed by atoms with Crippen LogP contribution in [0.3, 0.4) is 0 Å². The van der Waals surface area contributed by atoms with Crippen LogP contribution in [0.25, 0.3) is 16.2 Å². The van der Waals surface area contributed by atoms with Crippen LogP contribution >= 0.6 is 0 Å². The van der Waals surface area contributed by atoms with Crippen LogP contribution in [-0.4, -0.2) is 23.6 Å². The fourth-order valence-corrected chi connectivity index (χ4v) is 2.00. The van der Waals surface area contributed by atoms with Gasteiger partial charge in [-0.05, 0) is 6.07 Å². The van der Waals surface area contributed by atoms with Gasteiger partial charge in [0.2, 0.25) is 0 Å². The van der Waals surface area contributed by atoms with Gasteiger partial charge in [0.05, 0.1) is 6.57 Å². The van der Waals surface area contributed by atoms with E-state index in [2.05, 4.69) is 9.83 Å². The molecule has 0 aliphatic heterocycles. The number of rotatable bonds is 2. The normalized spacial score (nSPS) is 11.3. The van der Waals surface area contributed by atoms with E-state index in [1.165, 1.54) is 11.6 Å². The zero-order valence-electron chi connectivity index (χ0n) is 11.7. The van der Waals surface area contributed by atoms with E-state index < -0.39 is 11.9 Å². The molecule has 0 unspecified atom stereocenters. The Hall–Kier alpha value is -2.49. The molecule has 0 radical (unpaired) electrons. The van der Waals surface area contributed by atoms with Crippen molar-refractivity contribution in [3.63, 3.8) is 0 Å². The molecule has 110 valence electrons. The summed E-state index contributed by atoms with van der Waals surface area (Å²) in [5.41, 5.74) is 0.683. The van der Waals surface area contributed by atoms with Gasteiger partial charge in [-0.2, -0.15) is 13.2 Å². The summed E-state index contributed by atoms with van der Waals surface area (Å²) < 4.78 is 39.6. The van der Waals surface area contributed by atoms with E-state index in [0.717, 1.165) is 6.20 Å². The molecular formula is C14H13F3N4. The van der Waals surface area contributed by atoms with E-state index in [1.54, 1.807) is 37.2 Å². The summed E-state index contributed by atoms with van der Waals surface area (Å²) in [4.78, 5) is 8.76. The average molecular weight is 294 g/mol. The van der Waals surface area contributed by atoms with Crippen LogP contribution in [0.1, 0.15) is 5.69 Å². The van der Waals surface area contributed by atoms with Crippen molar-refractivity contribution < 1.29 is 13.2 Å². The lowest BCUT2D eigenvalue weighted by Crippen LogP contribution is -2.10. The van der Waals surface area contributed by atoms with Crippen molar-refractivity contribution in [2.24, 2.45) is 7.05 Å². The molecule has 1 aromatic carbocycles. The predicted molar refractivity (Wildman–Crippen MR) is 74.2 cm³/mol. The Kier molecular flexibility index (Phi) is 3.64. The van der Waals surface area contributed by atoms with Crippen molar-refractivity contribution in [3.8, 4) is 11.4 Å². The van der Waals surface area contributed by atoms with E-state index in [9.17, 15) is 13.2 Å². The number of aryl methyl sites for hydroxylation is 1. The Bertz CT molecular complexity index is 708. The molecule has 0 N–H and O–H groups in total. The number of aromatic nitrogens is 2. The number of imidazole rings is 1.